The van der Waals surface area contributed by atoms with Crippen molar-refractivity contribution in [2.45, 2.75) is 9.92 Å². The van der Waals surface area contributed by atoms with Crippen LogP contribution < -0.4 is 0 Å². The lowest BCUT2D eigenvalue weighted by Gasteiger charge is -2.05. The number of hydrogen-bond acceptors (Lipinski definition) is 3. The first-order valence-corrected chi connectivity index (χ1v) is 7.42. The maximum absolute atomic E-state index is 13.1. The van der Waals surface area contributed by atoms with Gasteiger partial charge in [-0.15, -0.1) is 0 Å². The molecule has 0 aliphatic rings. The standard InChI is InChI=1S/C15H10FNO2S/c16-12-7-8-14-11(10-12)6-9-15(17-14)20(18,19)13-4-2-1-3-5-13/h1-10H. The highest BCUT2D eigenvalue weighted by Crippen LogP contribution is 2.22. The molecule has 5 heteroatoms. The molecule has 3 aromatic rings. The predicted octanol–water partition coefficient (Wildman–Crippen LogP) is 3.21. The number of sulfone groups is 1. The SMILES string of the molecule is O=S(=O)(c1ccccc1)c1ccc2cc(F)ccc2n1. The summed E-state index contributed by atoms with van der Waals surface area (Å²) in [7, 11) is -3.65. The molecule has 1 aromatic heterocycles. The van der Waals surface area contributed by atoms with Gasteiger partial charge in [0.15, 0.2) is 5.03 Å². The van der Waals surface area contributed by atoms with Crippen molar-refractivity contribution in [3.05, 3.63) is 66.5 Å². The second kappa shape index (κ2) is 4.68. The smallest absolute Gasteiger partial charge is 0.223 e. The van der Waals surface area contributed by atoms with Crippen molar-refractivity contribution < 1.29 is 12.8 Å². The van der Waals surface area contributed by atoms with Gasteiger partial charge in [0.25, 0.3) is 0 Å². The third-order valence-corrected chi connectivity index (χ3v) is 4.63. The van der Waals surface area contributed by atoms with E-state index in [9.17, 15) is 12.8 Å². The number of nitrogens with zero attached hydrogens (tertiary/aromatic N) is 1. The first-order chi connectivity index (χ1) is 9.57. The fourth-order valence-electron chi connectivity index (χ4n) is 1.95. The molecule has 1 heterocycles. The fraction of sp³-hybridized carbons (Fsp3) is 0. The molecule has 0 bridgehead atoms. The van der Waals surface area contributed by atoms with Crippen molar-refractivity contribution in [2.75, 3.05) is 0 Å². The Bertz CT molecular complexity index is 877. The number of fused-ring (bicyclic) bond motifs is 1. The first kappa shape index (κ1) is 12.7. The van der Waals surface area contributed by atoms with Crippen LogP contribution >= 0.6 is 0 Å². The Balaban J connectivity index is 2.18. The second-order valence-corrected chi connectivity index (χ2v) is 6.20. The Labute approximate surface area is 115 Å². The summed E-state index contributed by atoms with van der Waals surface area (Å²) in [5.41, 5.74) is 0.448. The molecule has 0 N–H and O–H groups in total. The van der Waals surface area contributed by atoms with Crippen molar-refractivity contribution >= 4 is 20.7 Å². The van der Waals surface area contributed by atoms with Crippen LogP contribution in [0.25, 0.3) is 10.9 Å². The van der Waals surface area contributed by atoms with Gasteiger partial charge in [-0.3, -0.25) is 0 Å². The molecule has 0 unspecified atom stereocenters. The van der Waals surface area contributed by atoms with Gasteiger partial charge in [0.2, 0.25) is 9.84 Å². The number of rotatable bonds is 2. The molecule has 20 heavy (non-hydrogen) atoms. The van der Waals surface area contributed by atoms with Crippen molar-refractivity contribution in [1.29, 1.82) is 0 Å². The molecule has 0 aliphatic carbocycles. The lowest BCUT2D eigenvalue weighted by Crippen LogP contribution is -2.04. The van der Waals surface area contributed by atoms with Gasteiger partial charge in [-0.05, 0) is 42.5 Å². The first-order valence-electron chi connectivity index (χ1n) is 5.94. The lowest BCUT2D eigenvalue weighted by atomic mass is 10.2. The Morgan fingerprint density at radius 1 is 0.900 bits per heavy atom. The molecule has 0 saturated carbocycles. The van der Waals surface area contributed by atoms with Crippen LogP contribution in [0.2, 0.25) is 0 Å². The Morgan fingerprint density at radius 3 is 2.40 bits per heavy atom. The van der Waals surface area contributed by atoms with E-state index in [1.807, 2.05) is 0 Å². The number of hydrogen-bond donors (Lipinski definition) is 0. The van der Waals surface area contributed by atoms with Crippen LogP contribution in [0.4, 0.5) is 4.39 Å². The Morgan fingerprint density at radius 2 is 1.65 bits per heavy atom. The molecule has 0 saturated heterocycles. The van der Waals surface area contributed by atoms with Crippen LogP contribution in [0.3, 0.4) is 0 Å². The summed E-state index contributed by atoms with van der Waals surface area (Å²) in [5.74, 6) is -0.377. The molecule has 0 radical (unpaired) electrons. The normalized spacial score (nSPS) is 11.7. The highest BCUT2D eigenvalue weighted by Gasteiger charge is 2.19. The zero-order valence-corrected chi connectivity index (χ0v) is 11.1. The predicted molar refractivity (Wildman–Crippen MR) is 73.6 cm³/mol. The summed E-state index contributed by atoms with van der Waals surface area (Å²) in [6, 6.07) is 15.1. The van der Waals surface area contributed by atoms with E-state index in [1.54, 1.807) is 24.3 Å². The fourth-order valence-corrected chi connectivity index (χ4v) is 3.17. The van der Waals surface area contributed by atoms with E-state index >= 15 is 0 Å². The molecule has 0 atom stereocenters. The van der Waals surface area contributed by atoms with Gasteiger partial charge in [0.05, 0.1) is 10.4 Å². The number of aromatic nitrogens is 1. The molecule has 0 amide bonds. The van der Waals surface area contributed by atoms with E-state index in [0.29, 0.717) is 10.9 Å². The van der Waals surface area contributed by atoms with Crippen LogP contribution in [-0.4, -0.2) is 13.4 Å². The summed E-state index contributed by atoms with van der Waals surface area (Å²) < 4.78 is 37.9. The van der Waals surface area contributed by atoms with Gasteiger partial charge in [-0.2, -0.15) is 0 Å². The van der Waals surface area contributed by atoms with Crippen molar-refractivity contribution in [2.24, 2.45) is 0 Å². The Hall–Kier alpha value is -2.27. The molecule has 3 rings (SSSR count). The maximum atomic E-state index is 13.1. The van der Waals surface area contributed by atoms with E-state index in [4.69, 9.17) is 0 Å². The Kier molecular flexibility index (Phi) is 2.99. The minimum atomic E-state index is -3.65. The summed E-state index contributed by atoms with van der Waals surface area (Å²) >= 11 is 0. The molecule has 0 aliphatic heterocycles. The summed E-state index contributed by atoms with van der Waals surface area (Å²) in [6.45, 7) is 0. The number of benzene rings is 2. The second-order valence-electron chi connectivity index (χ2n) is 4.30. The van der Waals surface area contributed by atoms with Gasteiger partial charge in [0.1, 0.15) is 5.82 Å². The summed E-state index contributed by atoms with van der Waals surface area (Å²) in [4.78, 5) is 4.30. The van der Waals surface area contributed by atoms with E-state index < -0.39 is 9.84 Å². The highest BCUT2D eigenvalue weighted by atomic mass is 32.2. The third kappa shape index (κ3) is 2.16. The molecule has 3 nitrogen and oxygen atoms in total. The zero-order chi connectivity index (χ0) is 14.2. The van der Waals surface area contributed by atoms with Crippen LogP contribution in [0, 0.1) is 5.82 Å². The monoisotopic (exact) mass is 287 g/mol. The molecule has 100 valence electrons. The van der Waals surface area contributed by atoms with Crippen LogP contribution in [0.1, 0.15) is 0 Å². The summed E-state index contributed by atoms with van der Waals surface area (Å²) in [5, 5.41) is 0.528. The van der Waals surface area contributed by atoms with E-state index in [2.05, 4.69) is 4.98 Å². The summed E-state index contributed by atoms with van der Waals surface area (Å²) in [6.07, 6.45) is 0. The topological polar surface area (TPSA) is 47.0 Å². The van der Waals surface area contributed by atoms with E-state index in [0.717, 1.165) is 0 Å². The molecule has 2 aromatic carbocycles. The molecular formula is C15H10FNO2S. The average molecular weight is 287 g/mol. The lowest BCUT2D eigenvalue weighted by molar-refractivity contribution is 0.593. The molecular weight excluding hydrogens is 277 g/mol. The van der Waals surface area contributed by atoms with Crippen molar-refractivity contribution in [3.63, 3.8) is 0 Å². The van der Waals surface area contributed by atoms with Crippen molar-refractivity contribution in [1.82, 2.24) is 4.98 Å². The molecule has 0 fully saturated rings. The molecule has 0 spiro atoms. The zero-order valence-electron chi connectivity index (χ0n) is 10.3. The van der Waals surface area contributed by atoms with Gasteiger partial charge in [-0.1, -0.05) is 18.2 Å². The van der Waals surface area contributed by atoms with E-state index in [1.165, 1.54) is 36.4 Å². The third-order valence-electron chi connectivity index (χ3n) is 2.95. The minimum absolute atomic E-state index is 0.0391. The quantitative estimate of drug-likeness (QED) is 0.727. The average Bonchev–Trinajstić information content (AvgIpc) is 2.47. The van der Waals surface area contributed by atoms with Gasteiger partial charge in [0, 0.05) is 5.39 Å². The van der Waals surface area contributed by atoms with Crippen LogP contribution in [-0.2, 0) is 9.84 Å². The van der Waals surface area contributed by atoms with Crippen LogP contribution in [0.15, 0.2) is 70.6 Å². The van der Waals surface area contributed by atoms with E-state index in [-0.39, 0.29) is 15.7 Å². The number of pyridine rings is 1. The minimum Gasteiger partial charge on any atom is -0.236 e. The van der Waals surface area contributed by atoms with Gasteiger partial charge in [-0.25, -0.2) is 17.8 Å². The number of halogens is 1. The van der Waals surface area contributed by atoms with Gasteiger partial charge < -0.3 is 0 Å². The van der Waals surface area contributed by atoms with Gasteiger partial charge >= 0.3 is 0 Å². The highest BCUT2D eigenvalue weighted by molar-refractivity contribution is 7.91. The largest absolute Gasteiger partial charge is 0.236 e. The maximum Gasteiger partial charge on any atom is 0.223 e. The van der Waals surface area contributed by atoms with Crippen LogP contribution in [0.5, 0.6) is 0 Å². The van der Waals surface area contributed by atoms with Crippen molar-refractivity contribution in [3.8, 4) is 0 Å².